The summed E-state index contributed by atoms with van der Waals surface area (Å²) in [6.45, 7) is 0. The van der Waals surface area contributed by atoms with Crippen molar-refractivity contribution in [2.75, 3.05) is 0 Å². The predicted molar refractivity (Wildman–Crippen MR) is 90.0 cm³/mol. The van der Waals surface area contributed by atoms with Gasteiger partial charge in [0.15, 0.2) is 0 Å². The van der Waals surface area contributed by atoms with Gasteiger partial charge in [-0.2, -0.15) is 0 Å². The molecule has 0 N–H and O–H groups in total. The van der Waals surface area contributed by atoms with Gasteiger partial charge in [-0.3, -0.25) is 0 Å². The van der Waals surface area contributed by atoms with Crippen molar-refractivity contribution in [3.05, 3.63) is 12.2 Å². The van der Waals surface area contributed by atoms with Gasteiger partial charge in [-0.15, -0.1) is 0 Å². The van der Waals surface area contributed by atoms with Crippen LogP contribution in [0.15, 0.2) is 12.2 Å². The minimum Gasteiger partial charge on any atom is -0.0885 e. The van der Waals surface area contributed by atoms with Crippen LogP contribution in [0.2, 0.25) is 0 Å². The van der Waals surface area contributed by atoms with Gasteiger partial charge in [-0.25, -0.2) is 0 Å². The quantitative estimate of drug-likeness (QED) is 0.450. The van der Waals surface area contributed by atoms with Crippen molar-refractivity contribution in [2.45, 2.75) is 103 Å². The fraction of sp³-hybridized carbons (Fsp3) is 0.900. The predicted octanol–water partition coefficient (Wildman–Crippen LogP) is 7.04. The second-order valence-electron chi connectivity index (χ2n) is 7.26. The summed E-state index contributed by atoms with van der Waals surface area (Å²) in [6.07, 6.45) is 28.5. The molecule has 1 unspecified atom stereocenters. The molecule has 0 aromatic carbocycles. The Morgan fingerprint density at radius 2 is 0.800 bits per heavy atom. The second kappa shape index (κ2) is 10.5. The molecule has 1 saturated carbocycles. The lowest BCUT2D eigenvalue weighted by molar-refractivity contribution is 0.236. The molecule has 20 heavy (non-hydrogen) atoms. The largest absolute Gasteiger partial charge is 0.0885 e. The van der Waals surface area contributed by atoms with Crippen LogP contribution in [0.3, 0.4) is 0 Å². The molecule has 0 aromatic heterocycles. The molecule has 0 aliphatic heterocycles. The Balaban J connectivity index is 1.84. The maximum Gasteiger partial charge on any atom is -0.0351 e. The lowest BCUT2D eigenvalue weighted by atomic mass is 9.77. The van der Waals surface area contributed by atoms with E-state index in [4.69, 9.17) is 0 Å². The zero-order chi connectivity index (χ0) is 13.9. The zero-order valence-corrected chi connectivity index (χ0v) is 13.6. The van der Waals surface area contributed by atoms with E-state index in [1.165, 1.54) is 89.9 Å². The number of hydrogen-bond acceptors (Lipinski definition) is 0. The maximum absolute atomic E-state index is 2.44. The Hall–Kier alpha value is -0.260. The van der Waals surface area contributed by atoms with Crippen LogP contribution in [0.25, 0.3) is 0 Å². The average Bonchev–Trinajstić information content (AvgIpc) is 2.50. The molecule has 116 valence electrons. The van der Waals surface area contributed by atoms with Gasteiger partial charge >= 0.3 is 0 Å². The first-order valence-corrected chi connectivity index (χ1v) is 9.62. The normalized spacial score (nSPS) is 30.5. The maximum atomic E-state index is 2.44. The first-order valence-electron chi connectivity index (χ1n) is 9.62. The summed E-state index contributed by atoms with van der Waals surface area (Å²) in [7, 11) is 0. The van der Waals surface area contributed by atoms with Gasteiger partial charge in [0.1, 0.15) is 0 Å². The van der Waals surface area contributed by atoms with Crippen molar-refractivity contribution in [1.29, 1.82) is 0 Å². The second-order valence-corrected chi connectivity index (χ2v) is 7.26. The van der Waals surface area contributed by atoms with Crippen LogP contribution >= 0.6 is 0 Å². The highest BCUT2D eigenvalue weighted by Gasteiger charge is 2.21. The number of rotatable bonds is 1. The van der Waals surface area contributed by atoms with Crippen molar-refractivity contribution < 1.29 is 0 Å². The number of allylic oxidation sites excluding steroid dienone is 2. The topological polar surface area (TPSA) is 0 Å². The summed E-state index contributed by atoms with van der Waals surface area (Å²) >= 11 is 0. The fourth-order valence-corrected chi connectivity index (χ4v) is 4.33. The van der Waals surface area contributed by atoms with E-state index in [-0.39, 0.29) is 0 Å². The van der Waals surface area contributed by atoms with E-state index < -0.39 is 0 Å². The van der Waals surface area contributed by atoms with Crippen molar-refractivity contribution in [3.8, 4) is 0 Å². The molecule has 0 bridgehead atoms. The molecule has 1 fully saturated rings. The van der Waals surface area contributed by atoms with Crippen LogP contribution < -0.4 is 0 Å². The summed E-state index contributed by atoms with van der Waals surface area (Å²) in [5.41, 5.74) is 0. The Bertz CT molecular complexity index is 243. The molecule has 0 heterocycles. The van der Waals surface area contributed by atoms with Crippen LogP contribution in [0.1, 0.15) is 103 Å². The summed E-state index contributed by atoms with van der Waals surface area (Å²) in [4.78, 5) is 0. The Morgan fingerprint density at radius 3 is 1.40 bits per heavy atom. The monoisotopic (exact) mass is 276 g/mol. The standard InChI is InChI=1S/C20H36/c1-3-7-11-15-19(16-12-8-4-1)20-17-13-9-5-2-6-10-14-18-20/h1,3,19-20H,2,4-18H2/b3-1-. The highest BCUT2D eigenvalue weighted by molar-refractivity contribution is 4.83. The third-order valence-electron chi connectivity index (χ3n) is 5.62. The van der Waals surface area contributed by atoms with Gasteiger partial charge in [0.2, 0.25) is 0 Å². The van der Waals surface area contributed by atoms with Gasteiger partial charge < -0.3 is 0 Å². The molecule has 0 heteroatoms. The zero-order valence-electron chi connectivity index (χ0n) is 13.6. The lowest BCUT2D eigenvalue weighted by Crippen LogP contribution is -2.16. The van der Waals surface area contributed by atoms with E-state index in [0.717, 1.165) is 11.8 Å². The van der Waals surface area contributed by atoms with E-state index >= 15 is 0 Å². The van der Waals surface area contributed by atoms with E-state index in [0.29, 0.717) is 0 Å². The molecular weight excluding hydrogens is 240 g/mol. The van der Waals surface area contributed by atoms with E-state index in [1.54, 1.807) is 12.8 Å². The van der Waals surface area contributed by atoms with Gasteiger partial charge in [0, 0.05) is 0 Å². The molecule has 0 spiro atoms. The summed E-state index contributed by atoms with van der Waals surface area (Å²) < 4.78 is 0. The summed E-state index contributed by atoms with van der Waals surface area (Å²) in [5.74, 6) is 2.12. The van der Waals surface area contributed by atoms with Crippen LogP contribution in [-0.2, 0) is 0 Å². The molecule has 2 rings (SSSR count). The fourth-order valence-electron chi connectivity index (χ4n) is 4.33. The molecule has 1 atom stereocenters. The van der Waals surface area contributed by atoms with Gasteiger partial charge in [-0.1, -0.05) is 82.8 Å². The Labute approximate surface area is 127 Å². The van der Waals surface area contributed by atoms with Gasteiger partial charge in [0.25, 0.3) is 0 Å². The lowest BCUT2D eigenvalue weighted by Gasteiger charge is -2.28. The van der Waals surface area contributed by atoms with Crippen molar-refractivity contribution in [2.24, 2.45) is 11.8 Å². The highest BCUT2D eigenvalue weighted by Crippen LogP contribution is 2.34. The van der Waals surface area contributed by atoms with Gasteiger partial charge in [0.05, 0.1) is 0 Å². The Kier molecular flexibility index (Phi) is 8.43. The molecule has 0 saturated heterocycles. The van der Waals surface area contributed by atoms with Crippen molar-refractivity contribution >= 4 is 0 Å². The number of hydrogen-bond donors (Lipinski definition) is 0. The average molecular weight is 277 g/mol. The highest BCUT2D eigenvalue weighted by atomic mass is 14.3. The van der Waals surface area contributed by atoms with Crippen LogP contribution in [-0.4, -0.2) is 0 Å². The van der Waals surface area contributed by atoms with Crippen LogP contribution in [0.4, 0.5) is 0 Å². The molecule has 0 nitrogen and oxygen atoms in total. The third-order valence-corrected chi connectivity index (χ3v) is 5.62. The molecule has 0 amide bonds. The smallest absolute Gasteiger partial charge is 0.0351 e. The summed E-state index contributed by atoms with van der Waals surface area (Å²) in [6, 6.07) is 0. The molecule has 0 aromatic rings. The molecule has 2 aliphatic carbocycles. The minimum absolute atomic E-state index is 1.06. The summed E-state index contributed by atoms with van der Waals surface area (Å²) in [5, 5.41) is 0. The van der Waals surface area contributed by atoms with Crippen LogP contribution in [0.5, 0.6) is 0 Å². The SMILES string of the molecule is C1=C\CCCC(C2CCCCCCCCC2)CCCC/1. The van der Waals surface area contributed by atoms with E-state index in [2.05, 4.69) is 12.2 Å². The first-order chi connectivity index (χ1) is 9.97. The van der Waals surface area contributed by atoms with Gasteiger partial charge in [-0.05, 0) is 43.9 Å². The molecule has 2 aliphatic rings. The first kappa shape index (κ1) is 16.1. The van der Waals surface area contributed by atoms with Crippen molar-refractivity contribution in [3.63, 3.8) is 0 Å². The minimum atomic E-state index is 1.06. The van der Waals surface area contributed by atoms with E-state index in [9.17, 15) is 0 Å². The third kappa shape index (κ3) is 6.46. The van der Waals surface area contributed by atoms with Crippen LogP contribution in [0, 0.1) is 11.8 Å². The van der Waals surface area contributed by atoms with E-state index in [1.807, 2.05) is 0 Å². The Morgan fingerprint density at radius 1 is 0.400 bits per heavy atom. The molecule has 0 radical (unpaired) electrons. The van der Waals surface area contributed by atoms with Crippen molar-refractivity contribution in [1.82, 2.24) is 0 Å². The molecular formula is C20H36.